The monoisotopic (exact) mass is 218 g/mol. The van der Waals surface area contributed by atoms with E-state index >= 15 is 0 Å². The highest BCUT2D eigenvalue weighted by Gasteiger charge is 2.37. The Labute approximate surface area is 98.2 Å². The Morgan fingerprint density at radius 1 is 1.38 bits per heavy atom. The molecule has 0 bridgehead atoms. The van der Waals surface area contributed by atoms with Crippen LogP contribution in [0.3, 0.4) is 0 Å². The lowest BCUT2D eigenvalue weighted by molar-refractivity contribution is 0.108. The fourth-order valence-corrected chi connectivity index (χ4v) is 2.33. The van der Waals surface area contributed by atoms with Crippen LogP contribution in [0.1, 0.15) is 38.3 Å². The van der Waals surface area contributed by atoms with Crippen LogP contribution in [-0.4, -0.2) is 12.6 Å². The molecule has 0 saturated heterocycles. The normalized spacial score (nSPS) is 24.8. The summed E-state index contributed by atoms with van der Waals surface area (Å²) < 4.78 is 0. The summed E-state index contributed by atoms with van der Waals surface area (Å²) in [7, 11) is 0. The van der Waals surface area contributed by atoms with E-state index in [4.69, 9.17) is 5.73 Å². The third-order valence-electron chi connectivity index (χ3n) is 3.83. The molecule has 1 aromatic carbocycles. The van der Waals surface area contributed by atoms with Crippen LogP contribution < -0.4 is 11.1 Å². The van der Waals surface area contributed by atoms with Gasteiger partial charge in [-0.1, -0.05) is 44.2 Å². The maximum absolute atomic E-state index is 6.15. The minimum absolute atomic E-state index is 0.109. The molecule has 1 aliphatic rings. The Morgan fingerprint density at radius 3 is 2.56 bits per heavy atom. The first-order valence-electron chi connectivity index (χ1n) is 6.13. The van der Waals surface area contributed by atoms with Gasteiger partial charge in [-0.2, -0.15) is 0 Å². The minimum atomic E-state index is 0.109. The zero-order valence-corrected chi connectivity index (χ0v) is 10.2. The predicted octanol–water partition coefficient (Wildman–Crippen LogP) is 2.46. The topological polar surface area (TPSA) is 38.0 Å². The minimum Gasteiger partial charge on any atom is -0.323 e. The van der Waals surface area contributed by atoms with Crippen LogP contribution >= 0.6 is 0 Å². The van der Waals surface area contributed by atoms with Crippen molar-refractivity contribution < 1.29 is 0 Å². The van der Waals surface area contributed by atoms with Gasteiger partial charge < -0.3 is 11.1 Å². The van der Waals surface area contributed by atoms with Crippen molar-refractivity contribution in [2.45, 2.75) is 38.8 Å². The van der Waals surface area contributed by atoms with E-state index in [0.29, 0.717) is 11.5 Å². The van der Waals surface area contributed by atoms with E-state index in [1.54, 1.807) is 0 Å². The lowest BCUT2D eigenvalue weighted by atomic mass is 9.67. The van der Waals surface area contributed by atoms with E-state index < -0.39 is 0 Å². The molecule has 3 N–H and O–H groups in total. The molecule has 0 amide bonds. The largest absolute Gasteiger partial charge is 0.323 e. The van der Waals surface area contributed by atoms with Gasteiger partial charge in [-0.15, -0.1) is 0 Å². The highest BCUT2D eigenvalue weighted by molar-refractivity contribution is 5.18. The zero-order chi connectivity index (χ0) is 11.6. The first-order chi connectivity index (χ1) is 7.59. The molecular formula is C14H22N2. The van der Waals surface area contributed by atoms with Crippen LogP contribution in [0.5, 0.6) is 0 Å². The van der Waals surface area contributed by atoms with Gasteiger partial charge in [-0.25, -0.2) is 0 Å². The Kier molecular flexibility index (Phi) is 3.31. The summed E-state index contributed by atoms with van der Waals surface area (Å²) >= 11 is 0. The standard InChI is InChI=1S/C14H22N2/c1-14(2)9-8-13(14)16-10-12(15)11-6-4-3-5-7-11/h3-7,12-13,16H,8-10,15H2,1-2H3. The first kappa shape index (κ1) is 11.6. The highest BCUT2D eigenvalue weighted by Crippen LogP contribution is 2.39. The molecular weight excluding hydrogens is 196 g/mol. The second-order valence-corrected chi connectivity index (χ2v) is 5.51. The molecule has 0 aromatic heterocycles. The van der Waals surface area contributed by atoms with Crippen LogP contribution in [0.15, 0.2) is 30.3 Å². The third kappa shape index (κ3) is 2.45. The first-order valence-corrected chi connectivity index (χ1v) is 6.13. The molecule has 2 unspecified atom stereocenters. The van der Waals surface area contributed by atoms with E-state index in [9.17, 15) is 0 Å². The van der Waals surface area contributed by atoms with E-state index in [1.807, 2.05) is 18.2 Å². The molecule has 2 rings (SSSR count). The fraction of sp³-hybridized carbons (Fsp3) is 0.571. The van der Waals surface area contributed by atoms with Gasteiger partial charge >= 0.3 is 0 Å². The Balaban J connectivity index is 1.83. The highest BCUT2D eigenvalue weighted by atomic mass is 15.0. The van der Waals surface area contributed by atoms with Crippen molar-refractivity contribution in [3.8, 4) is 0 Å². The van der Waals surface area contributed by atoms with Gasteiger partial charge in [0.2, 0.25) is 0 Å². The summed E-state index contributed by atoms with van der Waals surface area (Å²) in [5.41, 5.74) is 7.82. The van der Waals surface area contributed by atoms with Gasteiger partial charge in [0.1, 0.15) is 0 Å². The van der Waals surface area contributed by atoms with Crippen LogP contribution in [0.2, 0.25) is 0 Å². The summed E-state index contributed by atoms with van der Waals surface area (Å²) in [6.45, 7) is 5.52. The lowest BCUT2D eigenvalue weighted by Gasteiger charge is -2.45. The van der Waals surface area contributed by atoms with Gasteiger partial charge in [0.25, 0.3) is 0 Å². The van der Waals surface area contributed by atoms with E-state index in [2.05, 4.69) is 31.3 Å². The second kappa shape index (κ2) is 4.56. The van der Waals surface area contributed by atoms with Crippen LogP contribution in [0, 0.1) is 5.41 Å². The van der Waals surface area contributed by atoms with Crippen molar-refractivity contribution in [3.05, 3.63) is 35.9 Å². The predicted molar refractivity (Wildman–Crippen MR) is 68.2 cm³/mol. The molecule has 0 radical (unpaired) electrons. The number of hydrogen-bond acceptors (Lipinski definition) is 2. The van der Waals surface area contributed by atoms with Gasteiger partial charge in [-0.3, -0.25) is 0 Å². The molecule has 1 aliphatic carbocycles. The number of hydrogen-bond donors (Lipinski definition) is 2. The Hall–Kier alpha value is -0.860. The van der Waals surface area contributed by atoms with Gasteiger partial charge in [0, 0.05) is 18.6 Å². The van der Waals surface area contributed by atoms with Gasteiger partial charge in [0.05, 0.1) is 0 Å². The van der Waals surface area contributed by atoms with Crippen LogP contribution in [0.25, 0.3) is 0 Å². The molecule has 1 aromatic rings. The molecule has 2 heteroatoms. The Bertz CT molecular complexity index is 332. The maximum Gasteiger partial charge on any atom is 0.0421 e. The van der Waals surface area contributed by atoms with E-state index in [0.717, 1.165) is 6.54 Å². The Morgan fingerprint density at radius 2 is 2.06 bits per heavy atom. The fourth-order valence-electron chi connectivity index (χ4n) is 2.33. The number of benzene rings is 1. The van der Waals surface area contributed by atoms with Crippen molar-refractivity contribution in [2.24, 2.45) is 11.1 Å². The molecule has 2 atom stereocenters. The quantitative estimate of drug-likeness (QED) is 0.814. The third-order valence-corrected chi connectivity index (χ3v) is 3.83. The summed E-state index contributed by atoms with van der Waals surface area (Å²) in [4.78, 5) is 0. The van der Waals surface area contributed by atoms with E-state index in [1.165, 1.54) is 18.4 Å². The molecule has 0 spiro atoms. The number of nitrogens with one attached hydrogen (secondary N) is 1. The van der Waals surface area contributed by atoms with Crippen molar-refractivity contribution in [2.75, 3.05) is 6.54 Å². The number of nitrogens with two attached hydrogens (primary N) is 1. The number of rotatable bonds is 4. The zero-order valence-electron chi connectivity index (χ0n) is 10.2. The molecule has 1 fully saturated rings. The van der Waals surface area contributed by atoms with Gasteiger partial charge in [0.15, 0.2) is 0 Å². The summed E-state index contributed by atoms with van der Waals surface area (Å²) in [6.07, 6.45) is 2.61. The van der Waals surface area contributed by atoms with E-state index in [-0.39, 0.29) is 6.04 Å². The SMILES string of the molecule is CC1(C)CCC1NCC(N)c1ccccc1. The van der Waals surface area contributed by atoms with Crippen LogP contribution in [-0.2, 0) is 0 Å². The average Bonchev–Trinajstić information content (AvgIpc) is 2.29. The summed E-state index contributed by atoms with van der Waals surface area (Å²) in [6, 6.07) is 11.1. The molecule has 16 heavy (non-hydrogen) atoms. The molecule has 0 aliphatic heterocycles. The van der Waals surface area contributed by atoms with Crippen molar-refractivity contribution >= 4 is 0 Å². The van der Waals surface area contributed by atoms with Crippen molar-refractivity contribution in [1.82, 2.24) is 5.32 Å². The maximum atomic E-state index is 6.15. The molecule has 1 saturated carbocycles. The second-order valence-electron chi connectivity index (χ2n) is 5.51. The van der Waals surface area contributed by atoms with Crippen LogP contribution in [0.4, 0.5) is 0 Å². The van der Waals surface area contributed by atoms with Gasteiger partial charge in [-0.05, 0) is 23.8 Å². The smallest absolute Gasteiger partial charge is 0.0421 e. The lowest BCUT2D eigenvalue weighted by Crippen LogP contribution is -2.51. The molecule has 0 heterocycles. The summed E-state index contributed by atoms with van der Waals surface area (Å²) in [5.74, 6) is 0. The molecule has 88 valence electrons. The van der Waals surface area contributed by atoms with Crippen molar-refractivity contribution in [3.63, 3.8) is 0 Å². The average molecular weight is 218 g/mol. The molecule has 2 nitrogen and oxygen atoms in total. The summed E-state index contributed by atoms with van der Waals surface area (Å²) in [5, 5.41) is 3.58. The van der Waals surface area contributed by atoms with Crippen molar-refractivity contribution in [1.29, 1.82) is 0 Å².